The summed E-state index contributed by atoms with van der Waals surface area (Å²) in [5.41, 5.74) is 0.144. The van der Waals surface area contributed by atoms with Crippen LogP contribution in [-0.4, -0.2) is 60.3 Å². The molecule has 3 aromatic rings. The molecule has 1 aliphatic heterocycles. The molecular weight excluding hydrogens is 419 g/mol. The van der Waals surface area contributed by atoms with Gasteiger partial charge in [-0.25, -0.2) is 9.18 Å². The van der Waals surface area contributed by atoms with Crippen molar-refractivity contribution < 1.29 is 28.0 Å². The summed E-state index contributed by atoms with van der Waals surface area (Å²) in [7, 11) is 1.22. The van der Waals surface area contributed by atoms with Gasteiger partial charge >= 0.3 is 5.97 Å². The third-order valence-corrected chi connectivity index (χ3v) is 5.03. The number of carbonyl (C=O) groups excluding carboxylic acids is 2. The van der Waals surface area contributed by atoms with Crippen LogP contribution in [0.25, 0.3) is 11.4 Å². The zero-order chi connectivity index (χ0) is 22.5. The zero-order valence-corrected chi connectivity index (χ0v) is 17.3. The van der Waals surface area contributed by atoms with E-state index in [1.807, 2.05) is 18.2 Å². The van der Waals surface area contributed by atoms with Gasteiger partial charge in [-0.05, 0) is 30.3 Å². The van der Waals surface area contributed by atoms with Gasteiger partial charge in [0.1, 0.15) is 17.6 Å². The lowest BCUT2D eigenvalue weighted by Gasteiger charge is -2.33. The maximum Gasteiger partial charge on any atom is 0.337 e. The van der Waals surface area contributed by atoms with Gasteiger partial charge in [0.2, 0.25) is 5.82 Å². The summed E-state index contributed by atoms with van der Waals surface area (Å²) in [5, 5.41) is 7.06. The van der Waals surface area contributed by atoms with Crippen molar-refractivity contribution in [1.82, 2.24) is 20.4 Å². The SMILES string of the molecule is COC(=O)c1ccc(-c2noc(C3CNCCN3C(=O)COc3ccccc3)n2)c(F)c1. The van der Waals surface area contributed by atoms with Crippen LogP contribution in [0.4, 0.5) is 4.39 Å². The molecule has 1 unspecified atom stereocenters. The molecule has 0 spiro atoms. The smallest absolute Gasteiger partial charge is 0.337 e. The number of nitrogens with zero attached hydrogens (tertiary/aromatic N) is 3. The summed E-state index contributed by atoms with van der Waals surface area (Å²) in [6, 6.07) is 12.4. The lowest BCUT2D eigenvalue weighted by molar-refractivity contribution is -0.137. The number of halogens is 1. The Kier molecular flexibility index (Phi) is 6.41. The molecule has 4 rings (SSSR count). The van der Waals surface area contributed by atoms with Crippen molar-refractivity contribution in [1.29, 1.82) is 0 Å². The van der Waals surface area contributed by atoms with Crippen LogP contribution in [0.15, 0.2) is 53.1 Å². The number of carbonyl (C=O) groups is 2. The second-order valence-electron chi connectivity index (χ2n) is 7.05. The second kappa shape index (κ2) is 9.56. The molecule has 166 valence electrons. The summed E-state index contributed by atoms with van der Waals surface area (Å²) in [5.74, 6) is -0.771. The van der Waals surface area contributed by atoms with Crippen LogP contribution in [0, 0.1) is 5.82 Å². The van der Waals surface area contributed by atoms with Crippen LogP contribution in [0.5, 0.6) is 5.75 Å². The predicted molar refractivity (Wildman–Crippen MR) is 110 cm³/mol. The van der Waals surface area contributed by atoms with E-state index in [-0.39, 0.29) is 35.4 Å². The molecule has 2 heterocycles. The molecule has 1 fully saturated rings. The topological polar surface area (TPSA) is 107 Å². The lowest BCUT2D eigenvalue weighted by atomic mass is 10.1. The molecule has 1 aromatic heterocycles. The van der Waals surface area contributed by atoms with E-state index in [1.54, 1.807) is 17.0 Å². The minimum Gasteiger partial charge on any atom is -0.484 e. The Morgan fingerprint density at radius 1 is 1.25 bits per heavy atom. The van der Waals surface area contributed by atoms with Crippen molar-refractivity contribution in [2.75, 3.05) is 33.4 Å². The second-order valence-corrected chi connectivity index (χ2v) is 7.05. The van der Waals surface area contributed by atoms with Crippen LogP contribution < -0.4 is 10.1 Å². The van der Waals surface area contributed by atoms with E-state index >= 15 is 0 Å². The molecule has 0 aliphatic carbocycles. The van der Waals surface area contributed by atoms with Gasteiger partial charge in [0, 0.05) is 19.6 Å². The van der Waals surface area contributed by atoms with Gasteiger partial charge in [-0.3, -0.25) is 4.79 Å². The maximum atomic E-state index is 14.5. The van der Waals surface area contributed by atoms with Crippen molar-refractivity contribution >= 4 is 11.9 Å². The average Bonchev–Trinajstić information content (AvgIpc) is 3.32. The molecule has 9 nitrogen and oxygen atoms in total. The number of esters is 1. The number of nitrogens with one attached hydrogen (secondary N) is 1. The average molecular weight is 440 g/mol. The van der Waals surface area contributed by atoms with Crippen LogP contribution in [0.3, 0.4) is 0 Å². The largest absolute Gasteiger partial charge is 0.484 e. The molecule has 0 bridgehead atoms. The fourth-order valence-electron chi connectivity index (χ4n) is 3.39. The van der Waals surface area contributed by atoms with Crippen LogP contribution in [0.1, 0.15) is 22.3 Å². The van der Waals surface area contributed by atoms with Gasteiger partial charge < -0.3 is 24.2 Å². The summed E-state index contributed by atoms with van der Waals surface area (Å²) in [4.78, 5) is 30.3. The van der Waals surface area contributed by atoms with E-state index in [9.17, 15) is 14.0 Å². The molecule has 2 aromatic carbocycles. The van der Waals surface area contributed by atoms with E-state index in [1.165, 1.54) is 19.2 Å². The third kappa shape index (κ3) is 4.59. The highest BCUT2D eigenvalue weighted by Crippen LogP contribution is 2.26. The Morgan fingerprint density at radius 3 is 2.81 bits per heavy atom. The normalized spacial score (nSPS) is 15.9. The van der Waals surface area contributed by atoms with Crippen LogP contribution in [-0.2, 0) is 9.53 Å². The first-order chi connectivity index (χ1) is 15.6. The molecule has 32 heavy (non-hydrogen) atoms. The number of ether oxygens (including phenoxy) is 2. The van der Waals surface area contributed by atoms with Gasteiger partial charge in [-0.2, -0.15) is 4.98 Å². The summed E-state index contributed by atoms with van der Waals surface area (Å²) >= 11 is 0. The fourth-order valence-corrected chi connectivity index (χ4v) is 3.39. The highest BCUT2D eigenvalue weighted by atomic mass is 19.1. The molecule has 0 radical (unpaired) electrons. The zero-order valence-electron chi connectivity index (χ0n) is 17.3. The van der Waals surface area contributed by atoms with Crippen molar-refractivity contribution in [2.24, 2.45) is 0 Å². The molecule has 1 atom stereocenters. The number of rotatable bonds is 6. The number of piperazine rings is 1. The number of hydrogen-bond acceptors (Lipinski definition) is 8. The van der Waals surface area contributed by atoms with E-state index in [2.05, 4.69) is 20.2 Å². The van der Waals surface area contributed by atoms with Gasteiger partial charge in [0.05, 0.1) is 18.2 Å². The van der Waals surface area contributed by atoms with Gasteiger partial charge in [-0.1, -0.05) is 23.4 Å². The lowest BCUT2D eigenvalue weighted by Crippen LogP contribution is -2.50. The van der Waals surface area contributed by atoms with E-state index in [0.717, 1.165) is 6.07 Å². The van der Waals surface area contributed by atoms with Gasteiger partial charge in [0.15, 0.2) is 6.61 Å². The summed E-state index contributed by atoms with van der Waals surface area (Å²) < 4.78 is 30.1. The summed E-state index contributed by atoms with van der Waals surface area (Å²) in [6.45, 7) is 1.31. The van der Waals surface area contributed by atoms with Crippen LogP contribution in [0.2, 0.25) is 0 Å². The molecule has 10 heteroatoms. The number of amides is 1. The van der Waals surface area contributed by atoms with E-state index < -0.39 is 17.8 Å². The molecule has 1 saturated heterocycles. The monoisotopic (exact) mass is 440 g/mol. The standard InChI is InChI=1S/C22H21FN4O5/c1-30-22(29)14-7-8-16(17(23)11-14)20-25-21(32-26-20)18-12-24-9-10-27(18)19(28)13-31-15-5-3-2-4-6-15/h2-8,11,18,24H,9-10,12-13H2,1H3. The van der Waals surface area contributed by atoms with Crippen LogP contribution >= 0.6 is 0 Å². The van der Waals surface area contributed by atoms with Crippen molar-refractivity contribution in [3.8, 4) is 17.1 Å². The van der Waals surface area contributed by atoms with E-state index in [0.29, 0.717) is 25.4 Å². The predicted octanol–water partition coefficient (Wildman–Crippen LogP) is 2.21. The Balaban J connectivity index is 1.50. The Bertz CT molecular complexity index is 1100. The number of hydrogen-bond donors (Lipinski definition) is 1. The summed E-state index contributed by atoms with van der Waals surface area (Å²) in [6.07, 6.45) is 0. The van der Waals surface area contributed by atoms with Gasteiger partial charge in [0.25, 0.3) is 11.8 Å². The first-order valence-electron chi connectivity index (χ1n) is 9.96. The first kappa shape index (κ1) is 21.4. The van der Waals surface area contributed by atoms with Crippen molar-refractivity contribution in [2.45, 2.75) is 6.04 Å². The molecular formula is C22H21FN4O5. The quantitative estimate of drug-likeness (QED) is 0.582. The minimum absolute atomic E-state index is 0.0208. The Morgan fingerprint density at radius 2 is 2.06 bits per heavy atom. The number of benzene rings is 2. The number of aromatic nitrogens is 2. The first-order valence-corrected chi connectivity index (χ1v) is 9.96. The molecule has 1 N–H and O–H groups in total. The number of para-hydroxylation sites is 1. The highest BCUT2D eigenvalue weighted by Gasteiger charge is 2.32. The van der Waals surface area contributed by atoms with Gasteiger partial charge in [-0.15, -0.1) is 0 Å². The Labute approximate surface area is 183 Å². The molecule has 0 saturated carbocycles. The highest BCUT2D eigenvalue weighted by molar-refractivity contribution is 5.89. The van der Waals surface area contributed by atoms with E-state index in [4.69, 9.17) is 9.26 Å². The van der Waals surface area contributed by atoms with Crippen molar-refractivity contribution in [3.63, 3.8) is 0 Å². The Hall–Kier alpha value is -3.79. The minimum atomic E-state index is -0.689. The maximum absolute atomic E-state index is 14.5. The van der Waals surface area contributed by atoms with Crippen molar-refractivity contribution in [3.05, 3.63) is 65.8 Å². The molecule has 1 amide bonds. The number of methoxy groups -OCH3 is 1. The fraction of sp³-hybridized carbons (Fsp3) is 0.273. The molecule has 1 aliphatic rings. The third-order valence-electron chi connectivity index (χ3n) is 5.03.